The van der Waals surface area contributed by atoms with E-state index in [4.69, 9.17) is 14.9 Å². The fourth-order valence-electron chi connectivity index (χ4n) is 2.17. The van der Waals surface area contributed by atoms with Crippen molar-refractivity contribution >= 4 is 16.7 Å². The molecular formula is C16H12FNO3. The highest BCUT2D eigenvalue weighted by Gasteiger charge is 2.16. The average molecular weight is 285 g/mol. The summed E-state index contributed by atoms with van der Waals surface area (Å²) < 4.78 is 23.9. The van der Waals surface area contributed by atoms with Crippen molar-refractivity contribution in [3.8, 4) is 17.1 Å². The van der Waals surface area contributed by atoms with Crippen LogP contribution in [-0.2, 0) is 0 Å². The van der Waals surface area contributed by atoms with E-state index in [1.165, 1.54) is 37.4 Å². The molecule has 1 aromatic heterocycles. The molecule has 3 rings (SSSR count). The molecule has 0 aliphatic heterocycles. The van der Waals surface area contributed by atoms with Crippen LogP contribution in [0.15, 0.2) is 51.7 Å². The maximum Gasteiger partial charge on any atom is 0.235 e. The van der Waals surface area contributed by atoms with E-state index in [0.717, 1.165) is 0 Å². The molecule has 3 aromatic rings. The summed E-state index contributed by atoms with van der Waals surface area (Å²) >= 11 is 0. The van der Waals surface area contributed by atoms with Crippen LogP contribution >= 0.6 is 0 Å². The van der Waals surface area contributed by atoms with Gasteiger partial charge in [0.1, 0.15) is 11.4 Å². The van der Waals surface area contributed by atoms with E-state index in [9.17, 15) is 9.18 Å². The molecule has 5 heteroatoms. The number of fused-ring (bicyclic) bond motifs is 1. The van der Waals surface area contributed by atoms with Gasteiger partial charge in [-0.1, -0.05) is 0 Å². The summed E-state index contributed by atoms with van der Waals surface area (Å²) in [6, 6.07) is 10.4. The highest BCUT2D eigenvalue weighted by molar-refractivity contribution is 5.84. The first kappa shape index (κ1) is 13.2. The first-order valence-electron chi connectivity index (χ1n) is 6.26. The van der Waals surface area contributed by atoms with Gasteiger partial charge in [-0.15, -0.1) is 0 Å². The summed E-state index contributed by atoms with van der Waals surface area (Å²) in [5.74, 6) is -0.0342. The zero-order chi connectivity index (χ0) is 15.0. The molecule has 0 aliphatic rings. The number of rotatable bonds is 2. The minimum absolute atomic E-state index is 0.0692. The summed E-state index contributed by atoms with van der Waals surface area (Å²) in [7, 11) is 1.39. The van der Waals surface area contributed by atoms with E-state index in [0.29, 0.717) is 22.2 Å². The third kappa shape index (κ3) is 2.23. The molecule has 0 saturated heterocycles. The van der Waals surface area contributed by atoms with Crippen molar-refractivity contribution in [1.29, 1.82) is 0 Å². The van der Waals surface area contributed by atoms with Gasteiger partial charge in [0.2, 0.25) is 11.2 Å². The lowest BCUT2D eigenvalue weighted by molar-refractivity contribution is 0.398. The molecule has 0 amide bonds. The maximum absolute atomic E-state index is 13.0. The van der Waals surface area contributed by atoms with Gasteiger partial charge in [-0.25, -0.2) is 4.39 Å². The Kier molecular flexibility index (Phi) is 3.10. The third-order valence-corrected chi connectivity index (χ3v) is 3.18. The van der Waals surface area contributed by atoms with Gasteiger partial charge in [0.15, 0.2) is 5.76 Å². The Balaban J connectivity index is 2.34. The number of methoxy groups -OCH3 is 1. The standard InChI is InChI=1S/C16H12FNO3/c1-20-16-14(19)12-8-11(18)6-7-13(12)21-15(16)9-2-4-10(17)5-3-9/h2-8H,18H2,1H3. The van der Waals surface area contributed by atoms with Gasteiger partial charge in [0.05, 0.1) is 12.5 Å². The SMILES string of the molecule is COc1c(-c2ccc(F)cc2)oc2ccc(N)cc2c1=O. The van der Waals surface area contributed by atoms with Crippen molar-refractivity contribution in [2.24, 2.45) is 0 Å². The number of benzene rings is 2. The molecular weight excluding hydrogens is 273 g/mol. The molecule has 2 aromatic carbocycles. The molecule has 0 bridgehead atoms. The second-order valence-electron chi connectivity index (χ2n) is 4.56. The summed E-state index contributed by atoms with van der Waals surface area (Å²) in [6.07, 6.45) is 0. The number of hydrogen-bond acceptors (Lipinski definition) is 4. The Morgan fingerprint density at radius 2 is 1.86 bits per heavy atom. The predicted octanol–water partition coefficient (Wildman–Crippen LogP) is 3.19. The van der Waals surface area contributed by atoms with Crippen LogP contribution in [0.25, 0.3) is 22.3 Å². The Labute approximate surface area is 119 Å². The van der Waals surface area contributed by atoms with Crippen LogP contribution in [0.3, 0.4) is 0 Å². The molecule has 21 heavy (non-hydrogen) atoms. The van der Waals surface area contributed by atoms with Gasteiger partial charge in [0.25, 0.3) is 0 Å². The van der Waals surface area contributed by atoms with Gasteiger partial charge >= 0.3 is 0 Å². The first-order valence-corrected chi connectivity index (χ1v) is 6.26. The molecule has 1 heterocycles. The third-order valence-electron chi connectivity index (χ3n) is 3.18. The smallest absolute Gasteiger partial charge is 0.235 e. The van der Waals surface area contributed by atoms with Crippen molar-refractivity contribution in [3.05, 3.63) is 58.5 Å². The van der Waals surface area contributed by atoms with Crippen LogP contribution in [0.5, 0.6) is 5.75 Å². The predicted molar refractivity (Wildman–Crippen MR) is 78.8 cm³/mol. The van der Waals surface area contributed by atoms with Gasteiger partial charge in [-0.2, -0.15) is 0 Å². The number of nitrogen functional groups attached to an aromatic ring is 1. The normalized spacial score (nSPS) is 10.8. The number of hydrogen-bond donors (Lipinski definition) is 1. The van der Waals surface area contributed by atoms with E-state index in [1.807, 2.05) is 0 Å². The summed E-state index contributed by atoms with van der Waals surface area (Å²) in [4.78, 5) is 12.5. The molecule has 2 N–H and O–H groups in total. The van der Waals surface area contributed by atoms with E-state index in [-0.39, 0.29) is 22.8 Å². The molecule has 106 valence electrons. The lowest BCUT2D eigenvalue weighted by Gasteiger charge is -2.09. The number of anilines is 1. The Bertz CT molecular complexity index is 869. The number of ether oxygens (including phenoxy) is 1. The second kappa shape index (κ2) is 4.94. The summed E-state index contributed by atoms with van der Waals surface area (Å²) in [6.45, 7) is 0. The van der Waals surface area contributed by atoms with Crippen LogP contribution < -0.4 is 15.9 Å². The molecule has 4 nitrogen and oxygen atoms in total. The van der Waals surface area contributed by atoms with E-state index in [2.05, 4.69) is 0 Å². The minimum Gasteiger partial charge on any atom is -0.490 e. The largest absolute Gasteiger partial charge is 0.490 e. The monoisotopic (exact) mass is 285 g/mol. The molecule has 0 spiro atoms. The van der Waals surface area contributed by atoms with E-state index >= 15 is 0 Å². The fourth-order valence-corrected chi connectivity index (χ4v) is 2.17. The van der Waals surface area contributed by atoms with Crippen LogP contribution in [0.4, 0.5) is 10.1 Å². The maximum atomic E-state index is 13.0. The minimum atomic E-state index is -0.367. The van der Waals surface area contributed by atoms with Crippen molar-refractivity contribution in [2.75, 3.05) is 12.8 Å². The topological polar surface area (TPSA) is 65.5 Å². The van der Waals surface area contributed by atoms with Crippen LogP contribution in [0.1, 0.15) is 0 Å². The quantitative estimate of drug-likeness (QED) is 0.734. The molecule has 0 atom stereocenters. The van der Waals surface area contributed by atoms with Crippen molar-refractivity contribution in [3.63, 3.8) is 0 Å². The van der Waals surface area contributed by atoms with Crippen LogP contribution in [0.2, 0.25) is 0 Å². The molecule has 0 saturated carbocycles. The summed E-state index contributed by atoms with van der Waals surface area (Å²) in [5.41, 5.74) is 6.79. The van der Waals surface area contributed by atoms with Crippen LogP contribution in [-0.4, -0.2) is 7.11 Å². The number of halogens is 1. The number of nitrogens with two attached hydrogens (primary N) is 1. The van der Waals surface area contributed by atoms with Crippen molar-refractivity contribution in [1.82, 2.24) is 0 Å². The van der Waals surface area contributed by atoms with Crippen LogP contribution in [0, 0.1) is 5.82 Å². The first-order chi connectivity index (χ1) is 10.1. The lowest BCUT2D eigenvalue weighted by atomic mass is 10.1. The van der Waals surface area contributed by atoms with Gasteiger partial charge < -0.3 is 14.9 Å². The zero-order valence-electron chi connectivity index (χ0n) is 11.2. The van der Waals surface area contributed by atoms with Gasteiger partial charge in [0, 0.05) is 11.3 Å². The Hall–Kier alpha value is -2.82. The molecule has 0 fully saturated rings. The van der Waals surface area contributed by atoms with E-state index in [1.54, 1.807) is 12.1 Å². The second-order valence-corrected chi connectivity index (χ2v) is 4.56. The highest BCUT2D eigenvalue weighted by Crippen LogP contribution is 2.31. The zero-order valence-corrected chi connectivity index (χ0v) is 11.2. The molecule has 0 radical (unpaired) electrons. The Morgan fingerprint density at radius 1 is 1.14 bits per heavy atom. The average Bonchev–Trinajstić information content (AvgIpc) is 2.48. The van der Waals surface area contributed by atoms with Crippen molar-refractivity contribution < 1.29 is 13.5 Å². The van der Waals surface area contributed by atoms with E-state index < -0.39 is 0 Å². The van der Waals surface area contributed by atoms with Gasteiger partial charge in [-0.05, 0) is 42.5 Å². The fraction of sp³-hybridized carbons (Fsp3) is 0.0625. The lowest BCUT2D eigenvalue weighted by Crippen LogP contribution is -2.08. The highest BCUT2D eigenvalue weighted by atomic mass is 19.1. The van der Waals surface area contributed by atoms with Crippen molar-refractivity contribution in [2.45, 2.75) is 0 Å². The molecule has 0 unspecified atom stereocenters. The summed E-state index contributed by atoms with van der Waals surface area (Å²) in [5, 5.41) is 0.345. The van der Waals surface area contributed by atoms with Gasteiger partial charge in [-0.3, -0.25) is 4.79 Å². The Morgan fingerprint density at radius 3 is 2.52 bits per heavy atom. The molecule has 0 aliphatic carbocycles.